The summed E-state index contributed by atoms with van der Waals surface area (Å²) in [6.07, 6.45) is 7.97. The molecule has 3 unspecified atom stereocenters. The maximum Gasteiger partial charge on any atom is 0.0501 e. The van der Waals surface area contributed by atoms with Gasteiger partial charge in [0.05, 0.1) is 5.69 Å². The van der Waals surface area contributed by atoms with Crippen molar-refractivity contribution in [3.63, 3.8) is 0 Å². The second-order valence-corrected chi connectivity index (χ2v) is 7.32. The topological polar surface area (TPSA) is 24.1 Å². The lowest BCUT2D eigenvalue weighted by atomic mass is 9.79. The number of anilines is 1. The molecule has 3 rings (SSSR count). The van der Waals surface area contributed by atoms with Crippen LogP contribution in [0.3, 0.4) is 0 Å². The van der Waals surface area contributed by atoms with Crippen LogP contribution in [0.1, 0.15) is 38.5 Å². The van der Waals surface area contributed by atoms with Crippen molar-refractivity contribution >= 4 is 33.2 Å². The molecular formula is C16H22BrClN2. The van der Waals surface area contributed by atoms with Gasteiger partial charge in [-0.3, -0.25) is 0 Å². The summed E-state index contributed by atoms with van der Waals surface area (Å²) in [5, 5.41) is 8.23. The maximum atomic E-state index is 6.12. The van der Waals surface area contributed by atoms with E-state index in [0.29, 0.717) is 12.1 Å². The highest BCUT2D eigenvalue weighted by atomic mass is 79.9. The van der Waals surface area contributed by atoms with Crippen molar-refractivity contribution in [1.29, 1.82) is 0 Å². The standard InChI is InChI=1S/C16H22BrClN2/c17-13-8-7-11(18)10-16(13)20-15-5-2-1-4-12(15)14-6-3-9-19-14/h7-8,10,12,14-15,19-20H,1-6,9H2. The molecule has 110 valence electrons. The Balaban J connectivity index is 1.74. The third-order valence-corrected chi connectivity index (χ3v) is 5.63. The highest BCUT2D eigenvalue weighted by molar-refractivity contribution is 9.10. The lowest BCUT2D eigenvalue weighted by Crippen LogP contribution is -2.43. The first-order valence-electron chi connectivity index (χ1n) is 7.69. The molecule has 2 nitrogen and oxygen atoms in total. The van der Waals surface area contributed by atoms with E-state index < -0.39 is 0 Å². The van der Waals surface area contributed by atoms with Crippen LogP contribution in [-0.4, -0.2) is 18.6 Å². The number of benzene rings is 1. The van der Waals surface area contributed by atoms with Crippen LogP contribution < -0.4 is 10.6 Å². The summed E-state index contributed by atoms with van der Waals surface area (Å²) in [6, 6.07) is 7.24. The van der Waals surface area contributed by atoms with Gasteiger partial charge in [-0.1, -0.05) is 24.4 Å². The largest absolute Gasteiger partial charge is 0.381 e. The highest BCUT2D eigenvalue weighted by Crippen LogP contribution is 2.35. The van der Waals surface area contributed by atoms with E-state index in [1.165, 1.54) is 45.1 Å². The van der Waals surface area contributed by atoms with Gasteiger partial charge in [0.1, 0.15) is 0 Å². The predicted octanol–water partition coefficient (Wildman–Crippen LogP) is 4.83. The first kappa shape index (κ1) is 14.7. The molecule has 1 aromatic rings. The van der Waals surface area contributed by atoms with Crippen LogP contribution in [0, 0.1) is 5.92 Å². The molecule has 1 aliphatic heterocycles. The molecule has 0 amide bonds. The fourth-order valence-corrected chi connectivity index (χ4v) is 4.24. The number of rotatable bonds is 3. The van der Waals surface area contributed by atoms with Crippen LogP contribution in [0.5, 0.6) is 0 Å². The first-order valence-corrected chi connectivity index (χ1v) is 8.86. The third kappa shape index (κ3) is 3.32. The van der Waals surface area contributed by atoms with Crippen molar-refractivity contribution in [3.05, 3.63) is 27.7 Å². The van der Waals surface area contributed by atoms with Crippen molar-refractivity contribution in [3.8, 4) is 0 Å². The second kappa shape index (κ2) is 6.67. The number of nitrogens with one attached hydrogen (secondary N) is 2. The van der Waals surface area contributed by atoms with Crippen LogP contribution in [0.2, 0.25) is 5.02 Å². The van der Waals surface area contributed by atoms with Crippen LogP contribution in [-0.2, 0) is 0 Å². The van der Waals surface area contributed by atoms with Gasteiger partial charge in [0.2, 0.25) is 0 Å². The van der Waals surface area contributed by atoms with E-state index in [1.807, 2.05) is 18.2 Å². The van der Waals surface area contributed by atoms with Crippen molar-refractivity contribution in [1.82, 2.24) is 5.32 Å². The molecule has 2 fully saturated rings. The average Bonchev–Trinajstić information content (AvgIpc) is 2.97. The van der Waals surface area contributed by atoms with Crippen LogP contribution in [0.4, 0.5) is 5.69 Å². The number of halogens is 2. The van der Waals surface area contributed by atoms with E-state index in [1.54, 1.807) is 0 Å². The summed E-state index contributed by atoms with van der Waals surface area (Å²) in [4.78, 5) is 0. The zero-order valence-corrected chi connectivity index (χ0v) is 14.0. The van der Waals surface area contributed by atoms with Gasteiger partial charge in [-0.15, -0.1) is 0 Å². The molecule has 1 heterocycles. The summed E-state index contributed by atoms with van der Waals surface area (Å²) in [7, 11) is 0. The van der Waals surface area contributed by atoms with E-state index in [-0.39, 0.29) is 0 Å². The second-order valence-electron chi connectivity index (χ2n) is 6.03. The SMILES string of the molecule is Clc1ccc(Br)c(NC2CCCCC2C2CCCN2)c1. The molecule has 0 bridgehead atoms. The van der Waals surface area contributed by atoms with Gasteiger partial charge in [-0.05, 0) is 72.3 Å². The van der Waals surface area contributed by atoms with Gasteiger partial charge in [0, 0.05) is 21.6 Å². The molecular weight excluding hydrogens is 336 g/mol. The monoisotopic (exact) mass is 356 g/mol. The third-order valence-electron chi connectivity index (χ3n) is 4.70. The Labute approximate surface area is 134 Å². The lowest BCUT2D eigenvalue weighted by Gasteiger charge is -2.37. The van der Waals surface area contributed by atoms with Gasteiger partial charge in [0.25, 0.3) is 0 Å². The maximum absolute atomic E-state index is 6.12. The molecule has 0 aromatic heterocycles. The molecule has 20 heavy (non-hydrogen) atoms. The van der Waals surface area contributed by atoms with E-state index >= 15 is 0 Å². The van der Waals surface area contributed by atoms with Gasteiger partial charge < -0.3 is 10.6 Å². The van der Waals surface area contributed by atoms with Crippen molar-refractivity contribution < 1.29 is 0 Å². The minimum Gasteiger partial charge on any atom is -0.381 e. The van der Waals surface area contributed by atoms with Gasteiger partial charge >= 0.3 is 0 Å². The van der Waals surface area contributed by atoms with Crippen molar-refractivity contribution in [2.75, 3.05) is 11.9 Å². The normalized spacial score (nSPS) is 30.4. The molecule has 1 saturated heterocycles. The summed E-state index contributed by atoms with van der Waals surface area (Å²) in [5.74, 6) is 0.747. The van der Waals surface area contributed by atoms with Crippen LogP contribution >= 0.6 is 27.5 Å². The van der Waals surface area contributed by atoms with Crippen molar-refractivity contribution in [2.45, 2.75) is 50.6 Å². The fraction of sp³-hybridized carbons (Fsp3) is 0.625. The molecule has 0 spiro atoms. The minimum absolute atomic E-state index is 0.564. The molecule has 1 aromatic carbocycles. The van der Waals surface area contributed by atoms with E-state index in [2.05, 4.69) is 26.6 Å². The first-order chi connectivity index (χ1) is 9.74. The fourth-order valence-electron chi connectivity index (χ4n) is 3.71. The molecule has 3 atom stereocenters. The van der Waals surface area contributed by atoms with Gasteiger partial charge in [-0.2, -0.15) is 0 Å². The predicted molar refractivity (Wildman–Crippen MR) is 89.5 cm³/mol. The lowest BCUT2D eigenvalue weighted by molar-refractivity contribution is 0.262. The smallest absolute Gasteiger partial charge is 0.0501 e. The Hall–Kier alpha value is -0.250. The molecule has 2 N–H and O–H groups in total. The number of hydrogen-bond acceptors (Lipinski definition) is 2. The molecule has 2 aliphatic rings. The van der Waals surface area contributed by atoms with Crippen molar-refractivity contribution in [2.24, 2.45) is 5.92 Å². The van der Waals surface area contributed by atoms with Gasteiger partial charge in [-0.25, -0.2) is 0 Å². The Bertz CT molecular complexity index is 460. The summed E-state index contributed by atoms with van der Waals surface area (Å²) in [6.45, 7) is 1.19. The minimum atomic E-state index is 0.564. The Morgan fingerprint density at radius 1 is 1.15 bits per heavy atom. The Morgan fingerprint density at radius 3 is 2.80 bits per heavy atom. The van der Waals surface area contributed by atoms with Crippen LogP contribution in [0.25, 0.3) is 0 Å². The summed E-state index contributed by atoms with van der Waals surface area (Å²) in [5.41, 5.74) is 1.13. The van der Waals surface area contributed by atoms with Crippen LogP contribution in [0.15, 0.2) is 22.7 Å². The quantitative estimate of drug-likeness (QED) is 0.810. The molecule has 4 heteroatoms. The zero-order valence-electron chi connectivity index (χ0n) is 11.7. The molecule has 1 saturated carbocycles. The summed E-state index contributed by atoms with van der Waals surface area (Å²) >= 11 is 9.75. The Kier molecular flexibility index (Phi) is 4.90. The number of hydrogen-bond donors (Lipinski definition) is 2. The van der Waals surface area contributed by atoms with E-state index in [4.69, 9.17) is 11.6 Å². The van der Waals surface area contributed by atoms with Gasteiger partial charge in [0.15, 0.2) is 0 Å². The average molecular weight is 358 g/mol. The zero-order chi connectivity index (χ0) is 13.9. The Morgan fingerprint density at radius 2 is 2.00 bits per heavy atom. The van der Waals surface area contributed by atoms with E-state index in [9.17, 15) is 0 Å². The molecule has 1 aliphatic carbocycles. The van der Waals surface area contributed by atoms with E-state index in [0.717, 1.165) is 21.1 Å². The summed E-state index contributed by atoms with van der Waals surface area (Å²) < 4.78 is 1.10. The molecule has 0 radical (unpaired) electrons. The highest BCUT2D eigenvalue weighted by Gasteiger charge is 2.33.